The molecule has 8 heteroatoms. The van der Waals surface area contributed by atoms with Gasteiger partial charge in [-0.3, -0.25) is 9.59 Å². The standard InChI is InChI=1S/C17H15FN4O3/c18-12-5-7-13(8-6-12)25-10-9-19-16(23)11-22-17(24)14-3-1-2-4-15(14)20-21-22/h1-8H,9-11H2,(H,19,23). The Balaban J connectivity index is 1.52. The Morgan fingerprint density at radius 1 is 1.16 bits per heavy atom. The Morgan fingerprint density at radius 2 is 1.92 bits per heavy atom. The SMILES string of the molecule is O=C(Cn1nnc2ccccc2c1=O)NCCOc1ccc(F)cc1. The van der Waals surface area contributed by atoms with E-state index in [2.05, 4.69) is 15.6 Å². The van der Waals surface area contributed by atoms with E-state index in [1.54, 1.807) is 24.3 Å². The highest BCUT2D eigenvalue weighted by molar-refractivity contribution is 5.78. The van der Waals surface area contributed by atoms with E-state index in [0.717, 1.165) is 4.68 Å². The molecule has 1 amide bonds. The Morgan fingerprint density at radius 3 is 2.72 bits per heavy atom. The van der Waals surface area contributed by atoms with Gasteiger partial charge in [0.05, 0.1) is 11.9 Å². The number of aromatic nitrogens is 3. The van der Waals surface area contributed by atoms with E-state index in [-0.39, 0.29) is 37.0 Å². The first-order valence-electron chi connectivity index (χ1n) is 7.61. The second kappa shape index (κ2) is 7.52. The van der Waals surface area contributed by atoms with Crippen LogP contribution >= 0.6 is 0 Å². The third-order valence-electron chi connectivity index (χ3n) is 3.43. The minimum Gasteiger partial charge on any atom is -0.492 e. The number of carbonyl (C=O) groups excluding carboxylic acids is 1. The Labute approximate surface area is 142 Å². The molecule has 0 fully saturated rings. The molecule has 2 aromatic carbocycles. The zero-order valence-electron chi connectivity index (χ0n) is 13.2. The summed E-state index contributed by atoms with van der Waals surface area (Å²) >= 11 is 0. The van der Waals surface area contributed by atoms with Crippen molar-refractivity contribution in [3.05, 3.63) is 64.7 Å². The van der Waals surface area contributed by atoms with Crippen molar-refractivity contribution >= 4 is 16.8 Å². The van der Waals surface area contributed by atoms with Crippen LogP contribution in [0, 0.1) is 5.82 Å². The van der Waals surface area contributed by atoms with Gasteiger partial charge in [-0.1, -0.05) is 17.3 Å². The Hall–Kier alpha value is -3.29. The maximum absolute atomic E-state index is 12.8. The average molecular weight is 342 g/mol. The fourth-order valence-corrected chi connectivity index (χ4v) is 2.21. The third kappa shape index (κ3) is 4.17. The van der Waals surface area contributed by atoms with Crippen LogP contribution in [-0.2, 0) is 11.3 Å². The number of benzene rings is 2. The molecule has 0 radical (unpaired) electrons. The van der Waals surface area contributed by atoms with E-state index in [4.69, 9.17) is 4.74 Å². The van der Waals surface area contributed by atoms with Crippen molar-refractivity contribution in [1.82, 2.24) is 20.3 Å². The summed E-state index contributed by atoms with van der Waals surface area (Å²) in [5.74, 6) is -0.218. The van der Waals surface area contributed by atoms with Crippen molar-refractivity contribution in [3.8, 4) is 5.75 Å². The molecule has 1 aromatic heterocycles. The largest absolute Gasteiger partial charge is 0.492 e. The summed E-state index contributed by atoms with van der Waals surface area (Å²) < 4.78 is 19.1. The predicted octanol–water partition coefficient (Wildman–Crippen LogP) is 1.13. The number of amides is 1. The smallest absolute Gasteiger partial charge is 0.278 e. The second-order valence-corrected chi connectivity index (χ2v) is 5.22. The van der Waals surface area contributed by atoms with E-state index in [1.165, 1.54) is 24.3 Å². The van der Waals surface area contributed by atoms with Crippen LogP contribution in [0.3, 0.4) is 0 Å². The summed E-state index contributed by atoms with van der Waals surface area (Å²) in [5.41, 5.74) is 0.111. The molecule has 0 aliphatic carbocycles. The van der Waals surface area contributed by atoms with Crippen LogP contribution in [0.15, 0.2) is 53.3 Å². The molecule has 0 aliphatic rings. The topological polar surface area (TPSA) is 86.1 Å². The van der Waals surface area contributed by atoms with E-state index in [9.17, 15) is 14.0 Å². The zero-order valence-corrected chi connectivity index (χ0v) is 13.2. The number of fused-ring (bicyclic) bond motifs is 1. The molecule has 0 spiro atoms. The highest BCUT2D eigenvalue weighted by Crippen LogP contribution is 2.10. The molecule has 0 bridgehead atoms. The summed E-state index contributed by atoms with van der Waals surface area (Å²) in [6, 6.07) is 12.4. The Kier molecular flexibility index (Phi) is 4.98. The number of ether oxygens (including phenoxy) is 1. The highest BCUT2D eigenvalue weighted by Gasteiger charge is 2.09. The van der Waals surface area contributed by atoms with Crippen molar-refractivity contribution in [2.75, 3.05) is 13.2 Å². The molecular weight excluding hydrogens is 327 g/mol. The van der Waals surface area contributed by atoms with Gasteiger partial charge in [0, 0.05) is 0 Å². The zero-order chi connectivity index (χ0) is 17.6. The lowest BCUT2D eigenvalue weighted by molar-refractivity contribution is -0.122. The van der Waals surface area contributed by atoms with Crippen LogP contribution in [0.25, 0.3) is 10.9 Å². The van der Waals surface area contributed by atoms with Gasteiger partial charge >= 0.3 is 0 Å². The van der Waals surface area contributed by atoms with Crippen LogP contribution < -0.4 is 15.6 Å². The average Bonchev–Trinajstić information content (AvgIpc) is 2.63. The summed E-state index contributed by atoms with van der Waals surface area (Å²) in [4.78, 5) is 24.1. The minimum absolute atomic E-state index is 0.218. The maximum atomic E-state index is 12.8. The molecule has 0 atom stereocenters. The van der Waals surface area contributed by atoms with Gasteiger partial charge in [0.15, 0.2) is 0 Å². The first kappa shape index (κ1) is 16.6. The minimum atomic E-state index is -0.380. The predicted molar refractivity (Wildman–Crippen MR) is 88.7 cm³/mol. The lowest BCUT2D eigenvalue weighted by atomic mass is 10.2. The molecule has 3 rings (SSSR count). The van der Waals surface area contributed by atoms with Crippen molar-refractivity contribution in [2.24, 2.45) is 0 Å². The first-order valence-corrected chi connectivity index (χ1v) is 7.61. The van der Waals surface area contributed by atoms with Crippen molar-refractivity contribution in [3.63, 3.8) is 0 Å². The lowest BCUT2D eigenvalue weighted by Crippen LogP contribution is -2.36. The number of halogens is 1. The van der Waals surface area contributed by atoms with Gasteiger partial charge in [-0.2, -0.15) is 0 Å². The molecule has 1 heterocycles. The summed E-state index contributed by atoms with van der Waals surface area (Å²) in [7, 11) is 0. The molecule has 0 unspecified atom stereocenters. The van der Waals surface area contributed by atoms with Crippen molar-refractivity contribution in [1.29, 1.82) is 0 Å². The molecule has 1 N–H and O–H groups in total. The van der Waals surface area contributed by atoms with Gasteiger partial charge in [-0.15, -0.1) is 5.10 Å². The monoisotopic (exact) mass is 342 g/mol. The van der Waals surface area contributed by atoms with Crippen LogP contribution in [0.2, 0.25) is 0 Å². The van der Waals surface area contributed by atoms with Crippen molar-refractivity contribution in [2.45, 2.75) is 6.54 Å². The molecule has 25 heavy (non-hydrogen) atoms. The fraction of sp³-hybridized carbons (Fsp3) is 0.176. The Bertz CT molecular complexity index is 941. The van der Waals surface area contributed by atoms with Gasteiger partial charge in [0.1, 0.15) is 30.2 Å². The third-order valence-corrected chi connectivity index (χ3v) is 3.43. The summed E-state index contributed by atoms with van der Waals surface area (Å²) in [6.45, 7) is 0.231. The van der Waals surface area contributed by atoms with E-state index in [0.29, 0.717) is 16.7 Å². The summed E-state index contributed by atoms with van der Waals surface area (Å²) in [6.07, 6.45) is 0. The second-order valence-electron chi connectivity index (χ2n) is 5.22. The molecule has 3 aromatic rings. The van der Waals surface area contributed by atoms with E-state index < -0.39 is 0 Å². The van der Waals surface area contributed by atoms with E-state index >= 15 is 0 Å². The number of rotatable bonds is 6. The van der Waals surface area contributed by atoms with Gasteiger partial charge < -0.3 is 10.1 Å². The van der Waals surface area contributed by atoms with Gasteiger partial charge in [-0.05, 0) is 36.4 Å². The number of hydrogen-bond acceptors (Lipinski definition) is 5. The molecule has 128 valence electrons. The number of carbonyl (C=O) groups is 1. The molecule has 0 aliphatic heterocycles. The van der Waals surface area contributed by atoms with Gasteiger partial charge in [-0.25, -0.2) is 9.07 Å². The fourth-order valence-electron chi connectivity index (χ4n) is 2.21. The number of hydrogen-bond donors (Lipinski definition) is 1. The first-order chi connectivity index (χ1) is 12.1. The molecule has 7 nitrogen and oxygen atoms in total. The highest BCUT2D eigenvalue weighted by atomic mass is 19.1. The van der Waals surface area contributed by atoms with Gasteiger partial charge in [0.25, 0.3) is 5.56 Å². The molecule has 0 saturated carbocycles. The number of nitrogens with zero attached hydrogens (tertiary/aromatic N) is 3. The normalized spacial score (nSPS) is 10.6. The van der Waals surface area contributed by atoms with Crippen LogP contribution in [0.1, 0.15) is 0 Å². The quantitative estimate of drug-likeness (QED) is 0.679. The molecular formula is C17H15FN4O3. The van der Waals surface area contributed by atoms with Crippen molar-refractivity contribution < 1.29 is 13.9 Å². The molecule has 0 saturated heterocycles. The van der Waals surface area contributed by atoms with Crippen LogP contribution in [0.5, 0.6) is 5.75 Å². The van der Waals surface area contributed by atoms with Crippen LogP contribution in [-0.4, -0.2) is 34.1 Å². The lowest BCUT2D eigenvalue weighted by Gasteiger charge is -2.08. The van der Waals surface area contributed by atoms with Gasteiger partial charge in [0.2, 0.25) is 5.91 Å². The number of nitrogens with one attached hydrogen (secondary N) is 1. The van der Waals surface area contributed by atoms with E-state index in [1.807, 2.05) is 0 Å². The van der Waals surface area contributed by atoms with Crippen LogP contribution in [0.4, 0.5) is 4.39 Å². The maximum Gasteiger partial charge on any atom is 0.278 e. The summed E-state index contributed by atoms with van der Waals surface area (Å²) in [5, 5.41) is 10.7.